The number of anilines is 1. The monoisotopic (exact) mass is 511 g/mol. The number of nitrogen functional groups attached to an aromatic ring is 1. The summed E-state index contributed by atoms with van der Waals surface area (Å²) >= 11 is 1.11. The normalized spacial score (nSPS) is 28.8. The second-order valence-electron chi connectivity index (χ2n) is 7.62. The number of benzene rings is 1. The number of thioether (sulfide) groups is 1. The first-order valence-corrected chi connectivity index (χ1v) is 12.4. The van der Waals surface area contributed by atoms with Crippen molar-refractivity contribution in [2.24, 2.45) is 0 Å². The van der Waals surface area contributed by atoms with E-state index in [0.717, 1.165) is 11.8 Å². The molecule has 2 saturated heterocycles. The summed E-state index contributed by atoms with van der Waals surface area (Å²) < 4.78 is 28.5. The van der Waals surface area contributed by atoms with Crippen LogP contribution in [0.5, 0.6) is 0 Å². The lowest BCUT2D eigenvalue weighted by Crippen LogP contribution is -2.41. The number of aromatic amines is 1. The van der Waals surface area contributed by atoms with E-state index in [1.807, 2.05) is 0 Å². The van der Waals surface area contributed by atoms with Crippen molar-refractivity contribution >= 4 is 49.3 Å². The summed E-state index contributed by atoms with van der Waals surface area (Å²) in [5.74, 6) is 0.00715. The standard InChI is InChI=1S/C17H19BN5O9PS/c19-16-21-13-10(14(25)22-16)20-17(34-6-7-3-1-2-4-8(7)18(26)27)23(13)15-11(24)12-9(31-15)5-30-33(28,29)32-12/h1-4,9,11-12,15,24,26-27H,5-6H2,(H,28,29)(H3,19,21,22,25)/t9?,11?,12-,15-/m1/s1. The van der Waals surface area contributed by atoms with Gasteiger partial charge in [0.05, 0.1) is 6.61 Å². The molecule has 5 rings (SSSR count). The average molecular weight is 511 g/mol. The van der Waals surface area contributed by atoms with E-state index in [1.165, 1.54) is 4.57 Å². The van der Waals surface area contributed by atoms with Crippen LogP contribution >= 0.6 is 19.6 Å². The van der Waals surface area contributed by atoms with Gasteiger partial charge in [0.15, 0.2) is 22.5 Å². The molecule has 14 nitrogen and oxygen atoms in total. The van der Waals surface area contributed by atoms with Crippen LogP contribution in [0.3, 0.4) is 0 Å². The fourth-order valence-electron chi connectivity index (χ4n) is 3.91. The second kappa shape index (κ2) is 8.75. The predicted octanol–water partition coefficient (Wildman–Crippen LogP) is -2.07. The van der Waals surface area contributed by atoms with Gasteiger partial charge in [-0.2, -0.15) is 4.98 Å². The fraction of sp³-hybridized carbons (Fsp3) is 0.353. The molecule has 17 heteroatoms. The molecule has 34 heavy (non-hydrogen) atoms. The highest BCUT2D eigenvalue weighted by molar-refractivity contribution is 7.98. The first kappa shape index (κ1) is 23.5. The topological polar surface area (TPSA) is 218 Å². The number of rotatable bonds is 5. The third kappa shape index (κ3) is 4.17. The quantitative estimate of drug-likeness (QED) is 0.141. The number of fused-ring (bicyclic) bond motifs is 2. The number of imidazole rings is 1. The van der Waals surface area contributed by atoms with Crippen LogP contribution in [0.15, 0.2) is 34.2 Å². The van der Waals surface area contributed by atoms with E-state index in [9.17, 15) is 29.4 Å². The highest BCUT2D eigenvalue weighted by Gasteiger charge is 2.51. The van der Waals surface area contributed by atoms with Gasteiger partial charge in [-0.25, -0.2) is 4.98 Å². The van der Waals surface area contributed by atoms with Crippen LogP contribution in [0, 0.1) is 0 Å². The number of nitrogens with one attached hydrogen (secondary N) is 1. The highest BCUT2D eigenvalue weighted by atomic mass is 32.2. The average Bonchev–Trinajstić information content (AvgIpc) is 3.29. The van der Waals surface area contributed by atoms with Crippen LogP contribution in [-0.4, -0.2) is 66.7 Å². The summed E-state index contributed by atoms with van der Waals surface area (Å²) in [6.45, 7) is -0.355. The lowest BCUT2D eigenvalue weighted by atomic mass is 9.77. The third-order valence-corrected chi connectivity index (χ3v) is 7.41. The third-order valence-electron chi connectivity index (χ3n) is 5.44. The SMILES string of the molecule is Nc1nc2c(nc(SCc3ccccc3B(O)O)n2[C@@H]2OC3COP(=O)([O-])O[C@H]3C2O)c(=O)[nH]1.[H+]. The molecule has 0 aliphatic carbocycles. The predicted molar refractivity (Wildman–Crippen MR) is 118 cm³/mol. The number of nitrogens with zero attached hydrogens (tertiary/aromatic N) is 3. The lowest BCUT2D eigenvalue weighted by molar-refractivity contribution is -0.245. The Morgan fingerprint density at radius 3 is 2.91 bits per heavy atom. The molecule has 1 aromatic carbocycles. The number of nitrogens with two attached hydrogens (primary N) is 1. The first-order chi connectivity index (χ1) is 16.1. The number of phosphoric acid groups is 1. The molecule has 2 fully saturated rings. The van der Waals surface area contributed by atoms with Crippen LogP contribution in [0.25, 0.3) is 11.2 Å². The minimum atomic E-state index is -4.60. The van der Waals surface area contributed by atoms with Crippen molar-refractivity contribution in [1.29, 1.82) is 0 Å². The number of H-pyrrole nitrogens is 1. The Bertz CT molecular complexity index is 1360. The Labute approximate surface area is 196 Å². The number of hydrogen-bond acceptors (Lipinski definition) is 13. The Hall–Kier alpha value is -2.27. The van der Waals surface area contributed by atoms with Gasteiger partial charge in [0.1, 0.15) is 18.3 Å². The number of aromatic nitrogens is 4. The maximum absolute atomic E-state index is 12.5. The van der Waals surface area contributed by atoms with E-state index in [4.69, 9.17) is 15.0 Å². The molecule has 2 aliphatic heterocycles. The van der Waals surface area contributed by atoms with Gasteiger partial charge < -0.3 is 39.6 Å². The number of aliphatic hydroxyl groups is 1. The van der Waals surface area contributed by atoms with Gasteiger partial charge in [-0.3, -0.25) is 18.9 Å². The van der Waals surface area contributed by atoms with Crippen molar-refractivity contribution in [3.05, 3.63) is 40.2 Å². The van der Waals surface area contributed by atoms with Crippen molar-refractivity contribution < 1.29 is 39.8 Å². The minimum Gasteiger partial charge on any atom is -0.756 e. The Balaban J connectivity index is 0.00000289. The Morgan fingerprint density at radius 1 is 1.38 bits per heavy atom. The van der Waals surface area contributed by atoms with Gasteiger partial charge in [-0.1, -0.05) is 36.0 Å². The number of hydrogen-bond donors (Lipinski definition) is 5. The van der Waals surface area contributed by atoms with E-state index < -0.39 is 45.0 Å². The summed E-state index contributed by atoms with van der Waals surface area (Å²) in [6, 6.07) is 6.64. The van der Waals surface area contributed by atoms with Gasteiger partial charge in [0.2, 0.25) is 5.95 Å². The largest absolute Gasteiger partial charge is 1.00 e. The molecular formula is C17H19BN5O9PS. The van der Waals surface area contributed by atoms with Crippen LogP contribution in [0.4, 0.5) is 5.95 Å². The maximum atomic E-state index is 12.5. The molecule has 2 aromatic heterocycles. The number of phosphoric ester groups is 1. The molecule has 3 unspecified atom stereocenters. The molecule has 4 heterocycles. The molecule has 5 atom stereocenters. The van der Waals surface area contributed by atoms with Crippen LogP contribution in [-0.2, 0) is 24.1 Å². The molecule has 0 bridgehead atoms. The zero-order valence-corrected chi connectivity index (χ0v) is 18.9. The van der Waals surface area contributed by atoms with Crippen LogP contribution in [0.2, 0.25) is 0 Å². The Morgan fingerprint density at radius 2 is 2.15 bits per heavy atom. The van der Waals surface area contributed by atoms with Gasteiger partial charge in [0, 0.05) is 5.75 Å². The summed E-state index contributed by atoms with van der Waals surface area (Å²) in [6.07, 6.45) is -4.84. The zero-order valence-electron chi connectivity index (χ0n) is 18.2. The maximum Gasteiger partial charge on any atom is 1.00 e. The molecule has 0 radical (unpaired) electrons. The molecule has 6 N–H and O–H groups in total. The Kier molecular flexibility index (Phi) is 6.04. The van der Waals surface area contributed by atoms with Crippen molar-refractivity contribution in [3.8, 4) is 0 Å². The molecule has 0 saturated carbocycles. The van der Waals surface area contributed by atoms with Crippen molar-refractivity contribution in [1.82, 2.24) is 19.5 Å². The van der Waals surface area contributed by atoms with E-state index >= 15 is 0 Å². The number of ether oxygens (including phenoxy) is 1. The highest BCUT2D eigenvalue weighted by Crippen LogP contribution is 2.50. The van der Waals surface area contributed by atoms with Gasteiger partial charge >= 0.3 is 8.55 Å². The fourth-order valence-corrected chi connectivity index (χ4v) is 5.90. The minimum absolute atomic E-state index is 0. The summed E-state index contributed by atoms with van der Waals surface area (Å²) in [4.78, 5) is 35.0. The summed E-state index contributed by atoms with van der Waals surface area (Å²) in [7, 11) is -6.29. The molecule has 3 aromatic rings. The van der Waals surface area contributed by atoms with Crippen molar-refractivity contribution in [2.45, 2.75) is 35.4 Å². The summed E-state index contributed by atoms with van der Waals surface area (Å²) in [5, 5.41) is 30.3. The van der Waals surface area contributed by atoms with Gasteiger partial charge in [0.25, 0.3) is 13.4 Å². The summed E-state index contributed by atoms with van der Waals surface area (Å²) in [5.41, 5.74) is 5.90. The molecule has 180 valence electrons. The van der Waals surface area contributed by atoms with Gasteiger partial charge in [-0.05, 0) is 11.0 Å². The van der Waals surface area contributed by atoms with E-state index in [2.05, 4.69) is 19.5 Å². The molecule has 2 aliphatic rings. The van der Waals surface area contributed by atoms with Crippen LogP contribution in [0.1, 0.15) is 13.2 Å². The molecule has 0 amide bonds. The van der Waals surface area contributed by atoms with Gasteiger partial charge in [-0.15, -0.1) is 0 Å². The molecule has 0 spiro atoms. The smallest absolute Gasteiger partial charge is 0.756 e. The first-order valence-electron chi connectivity index (χ1n) is 9.96. The molecular weight excluding hydrogens is 492 g/mol. The zero-order chi connectivity index (χ0) is 24.2. The second-order valence-corrected chi connectivity index (χ2v) is 9.92. The van der Waals surface area contributed by atoms with E-state index in [1.54, 1.807) is 24.3 Å². The van der Waals surface area contributed by atoms with E-state index in [-0.39, 0.29) is 41.5 Å². The lowest BCUT2D eigenvalue weighted by Gasteiger charge is -2.34. The van der Waals surface area contributed by atoms with Crippen molar-refractivity contribution in [3.63, 3.8) is 0 Å². The number of aliphatic hydroxyl groups excluding tert-OH is 1. The van der Waals surface area contributed by atoms with E-state index in [0.29, 0.717) is 5.56 Å². The van der Waals surface area contributed by atoms with Crippen LogP contribution < -0.4 is 21.6 Å². The van der Waals surface area contributed by atoms with Crippen molar-refractivity contribution in [2.75, 3.05) is 12.3 Å².